The molecule has 0 bridgehead atoms. The molecule has 0 fully saturated rings. The van der Waals surface area contributed by atoms with Crippen LogP contribution in [0.3, 0.4) is 0 Å². The zero-order valence-corrected chi connectivity index (χ0v) is 7.66. The summed E-state index contributed by atoms with van der Waals surface area (Å²) in [5.74, 6) is -1.32. The van der Waals surface area contributed by atoms with E-state index >= 15 is 0 Å². The Labute approximate surface area is 84.7 Å². The molecule has 0 amide bonds. The van der Waals surface area contributed by atoms with Crippen molar-refractivity contribution in [1.82, 2.24) is 4.98 Å². The highest BCUT2D eigenvalue weighted by molar-refractivity contribution is 5.67. The average Bonchev–Trinajstić information content (AvgIpc) is 2.17. The minimum Gasteiger partial charge on any atom is -0.481 e. The molecule has 0 unspecified atom stereocenters. The number of hydrogen-bond acceptors (Lipinski definition) is 5. The number of nitrogens with two attached hydrogens (primary N) is 1. The number of hydrogen-bond donors (Lipinski definition) is 2. The topological polar surface area (TPSA) is 119 Å². The third kappa shape index (κ3) is 2.99. The number of carbonyl (C=O) groups is 1. The fourth-order valence-corrected chi connectivity index (χ4v) is 1.03. The fourth-order valence-electron chi connectivity index (χ4n) is 1.03. The van der Waals surface area contributed by atoms with Gasteiger partial charge in [0.15, 0.2) is 0 Å². The van der Waals surface area contributed by atoms with Gasteiger partial charge in [-0.3, -0.25) is 4.79 Å². The van der Waals surface area contributed by atoms with Crippen molar-refractivity contribution in [3.8, 4) is 0 Å². The van der Waals surface area contributed by atoms with E-state index in [-0.39, 0.29) is 12.2 Å². The first-order valence-corrected chi connectivity index (χ1v) is 4.08. The first-order chi connectivity index (χ1) is 7.00. The molecule has 0 spiro atoms. The molecule has 7 nitrogen and oxygen atoms in total. The molecule has 0 aliphatic heterocycles. The van der Waals surface area contributed by atoms with Gasteiger partial charge in [0.05, 0.1) is 6.42 Å². The molecule has 80 valence electrons. The summed E-state index contributed by atoms with van der Waals surface area (Å²) < 4.78 is 0. The number of pyridine rings is 1. The molecule has 1 aromatic rings. The van der Waals surface area contributed by atoms with Crippen LogP contribution in [0.2, 0.25) is 0 Å². The Balaban J connectivity index is 2.79. The van der Waals surface area contributed by atoms with Crippen LogP contribution in [0.15, 0.2) is 18.3 Å². The van der Waals surface area contributed by atoms with E-state index in [4.69, 9.17) is 10.8 Å². The van der Waals surface area contributed by atoms with Crippen LogP contribution in [-0.4, -0.2) is 21.0 Å². The van der Waals surface area contributed by atoms with Crippen molar-refractivity contribution in [2.75, 3.05) is 0 Å². The molecule has 1 rings (SSSR count). The Morgan fingerprint density at radius 2 is 2.33 bits per heavy atom. The first kappa shape index (κ1) is 11.1. The van der Waals surface area contributed by atoms with Crippen molar-refractivity contribution >= 4 is 11.8 Å². The quantitative estimate of drug-likeness (QED) is 0.551. The lowest BCUT2D eigenvalue weighted by Crippen LogP contribution is -2.15. The van der Waals surface area contributed by atoms with Gasteiger partial charge >= 0.3 is 11.8 Å². The second kappa shape index (κ2) is 4.47. The van der Waals surface area contributed by atoms with E-state index in [9.17, 15) is 14.9 Å². The van der Waals surface area contributed by atoms with Gasteiger partial charge < -0.3 is 21.0 Å². The van der Waals surface area contributed by atoms with Crippen LogP contribution in [0.4, 0.5) is 5.82 Å². The van der Waals surface area contributed by atoms with E-state index in [2.05, 4.69) is 4.98 Å². The molecule has 7 heteroatoms. The number of rotatable bonds is 4. The second-order valence-electron chi connectivity index (χ2n) is 2.91. The molecule has 15 heavy (non-hydrogen) atoms. The normalized spacial score (nSPS) is 12.1. The van der Waals surface area contributed by atoms with Gasteiger partial charge in [0, 0.05) is 17.7 Å². The smallest absolute Gasteiger partial charge is 0.363 e. The predicted octanol–water partition coefficient (Wildman–Crippen LogP) is 0.464. The van der Waals surface area contributed by atoms with E-state index in [0.29, 0.717) is 5.56 Å². The van der Waals surface area contributed by atoms with Crippen molar-refractivity contribution in [3.05, 3.63) is 34.0 Å². The maximum atomic E-state index is 10.3. The van der Waals surface area contributed by atoms with Crippen LogP contribution in [0.5, 0.6) is 0 Å². The number of carboxylic acids is 1. The Kier molecular flexibility index (Phi) is 3.29. The Bertz CT molecular complexity index is 376. The van der Waals surface area contributed by atoms with Crippen LogP contribution < -0.4 is 5.73 Å². The van der Waals surface area contributed by atoms with Gasteiger partial charge in [0.25, 0.3) is 0 Å². The highest BCUT2D eigenvalue weighted by Crippen LogP contribution is 2.15. The SMILES string of the molecule is N[C@H](CC(=O)O)c1ccc([N+](=O)[O-])nc1. The van der Waals surface area contributed by atoms with Crippen LogP contribution in [-0.2, 0) is 4.79 Å². The lowest BCUT2D eigenvalue weighted by molar-refractivity contribution is -0.389. The molecule has 0 aliphatic carbocycles. The van der Waals surface area contributed by atoms with E-state index in [1.807, 2.05) is 0 Å². The van der Waals surface area contributed by atoms with Gasteiger partial charge in [0.2, 0.25) is 0 Å². The predicted molar refractivity (Wildman–Crippen MR) is 50.1 cm³/mol. The van der Waals surface area contributed by atoms with Crippen LogP contribution in [0.25, 0.3) is 0 Å². The molecule has 0 radical (unpaired) electrons. The summed E-state index contributed by atoms with van der Waals surface area (Å²) >= 11 is 0. The van der Waals surface area contributed by atoms with E-state index in [0.717, 1.165) is 0 Å². The maximum Gasteiger partial charge on any atom is 0.363 e. The maximum absolute atomic E-state index is 10.3. The number of nitrogens with zero attached hydrogens (tertiary/aromatic N) is 2. The molecule has 3 N–H and O–H groups in total. The molecule has 0 saturated heterocycles. The van der Waals surface area contributed by atoms with Gasteiger partial charge in [-0.2, -0.15) is 0 Å². The molecule has 0 aliphatic rings. The van der Waals surface area contributed by atoms with E-state index in [1.54, 1.807) is 0 Å². The van der Waals surface area contributed by atoms with Gasteiger partial charge in [0.1, 0.15) is 6.20 Å². The zero-order chi connectivity index (χ0) is 11.4. The second-order valence-corrected chi connectivity index (χ2v) is 2.91. The first-order valence-electron chi connectivity index (χ1n) is 4.08. The van der Waals surface area contributed by atoms with E-state index in [1.165, 1.54) is 18.3 Å². The van der Waals surface area contributed by atoms with Gasteiger partial charge in [-0.15, -0.1) is 0 Å². The van der Waals surface area contributed by atoms with Crippen LogP contribution in [0.1, 0.15) is 18.0 Å². The largest absolute Gasteiger partial charge is 0.481 e. The number of carboxylic acid groups (broad SMARTS) is 1. The van der Waals surface area contributed by atoms with Gasteiger partial charge in [-0.1, -0.05) is 0 Å². The Morgan fingerprint density at radius 3 is 2.73 bits per heavy atom. The third-order valence-corrected chi connectivity index (χ3v) is 1.78. The average molecular weight is 211 g/mol. The zero-order valence-electron chi connectivity index (χ0n) is 7.66. The summed E-state index contributed by atoms with van der Waals surface area (Å²) in [6.45, 7) is 0. The van der Waals surface area contributed by atoms with Gasteiger partial charge in [-0.25, -0.2) is 0 Å². The fraction of sp³-hybridized carbons (Fsp3) is 0.250. The molecule has 1 aromatic heterocycles. The number of nitro groups is 1. The molecular weight excluding hydrogens is 202 g/mol. The van der Waals surface area contributed by atoms with Crippen molar-refractivity contribution in [3.63, 3.8) is 0 Å². The summed E-state index contributed by atoms with van der Waals surface area (Å²) in [7, 11) is 0. The minimum atomic E-state index is -1.03. The Morgan fingerprint density at radius 1 is 1.67 bits per heavy atom. The monoisotopic (exact) mass is 211 g/mol. The third-order valence-electron chi connectivity index (χ3n) is 1.78. The van der Waals surface area contributed by atoms with Crippen molar-refractivity contribution in [2.24, 2.45) is 5.73 Å². The summed E-state index contributed by atoms with van der Waals surface area (Å²) in [5, 5.41) is 18.8. The van der Waals surface area contributed by atoms with Crippen molar-refractivity contribution in [2.45, 2.75) is 12.5 Å². The molecule has 1 heterocycles. The number of aromatic nitrogens is 1. The highest BCUT2D eigenvalue weighted by atomic mass is 16.6. The minimum absolute atomic E-state index is 0.237. The summed E-state index contributed by atoms with van der Waals surface area (Å²) in [5.41, 5.74) is 5.99. The Hall–Kier alpha value is -2.02. The number of aliphatic carboxylic acids is 1. The van der Waals surface area contributed by atoms with Crippen LogP contribution >= 0.6 is 0 Å². The molecular formula is C8H9N3O4. The molecule has 0 saturated carbocycles. The summed E-state index contributed by atoms with van der Waals surface area (Å²) in [4.78, 5) is 23.5. The highest BCUT2D eigenvalue weighted by Gasteiger charge is 2.14. The van der Waals surface area contributed by atoms with Gasteiger partial charge in [-0.05, 0) is 16.0 Å². The van der Waals surface area contributed by atoms with Crippen LogP contribution in [0, 0.1) is 10.1 Å². The standard InChI is InChI=1S/C8H9N3O4/c9-6(3-8(12)13)5-1-2-7(10-4-5)11(14)15/h1-2,4,6H,3,9H2,(H,12,13)/t6-/m1/s1. The summed E-state index contributed by atoms with van der Waals surface area (Å²) in [6, 6.07) is 1.89. The summed E-state index contributed by atoms with van der Waals surface area (Å²) in [6.07, 6.45) is 0.977. The lowest BCUT2D eigenvalue weighted by Gasteiger charge is -2.06. The molecule has 1 atom stereocenters. The van der Waals surface area contributed by atoms with Crippen molar-refractivity contribution in [1.29, 1.82) is 0 Å². The lowest BCUT2D eigenvalue weighted by atomic mass is 10.1. The van der Waals surface area contributed by atoms with Crippen molar-refractivity contribution < 1.29 is 14.8 Å². The van der Waals surface area contributed by atoms with E-state index < -0.39 is 16.9 Å². The molecule has 0 aromatic carbocycles.